The van der Waals surface area contributed by atoms with E-state index in [0.717, 1.165) is 18.8 Å². The number of likely N-dealkylation sites (tertiary alicyclic amines) is 1. The van der Waals surface area contributed by atoms with Crippen molar-refractivity contribution in [1.29, 1.82) is 0 Å². The molecule has 1 N–H and O–H groups in total. The second kappa shape index (κ2) is 7.91. The molecule has 1 unspecified atom stereocenters. The van der Waals surface area contributed by atoms with Crippen molar-refractivity contribution < 1.29 is 4.74 Å². The molecule has 0 amide bonds. The molecule has 1 atom stereocenters. The number of nitrogens with one attached hydrogen (secondary N) is 1. The van der Waals surface area contributed by atoms with Gasteiger partial charge in [-0.05, 0) is 41.9 Å². The molecule has 0 bridgehead atoms. The van der Waals surface area contributed by atoms with Crippen molar-refractivity contribution in [3.05, 3.63) is 21.0 Å². The van der Waals surface area contributed by atoms with Crippen molar-refractivity contribution in [3.63, 3.8) is 0 Å². The van der Waals surface area contributed by atoms with Crippen molar-refractivity contribution in [2.75, 3.05) is 38.7 Å². The minimum Gasteiger partial charge on any atom is -0.383 e. The topological polar surface area (TPSA) is 59.4 Å². The quantitative estimate of drug-likeness (QED) is 0.801. The van der Waals surface area contributed by atoms with Crippen LogP contribution in [0.5, 0.6) is 0 Å². The molecule has 2 rings (SSSR count). The standard InChI is InChI=1S/C14H23BrN4O2/c1-3-18-6-4-5-11(18)9-16-12-10-17-19(7-8-21-2)14(20)13(12)15/h10-11,16H,3-9H2,1-2H3. The summed E-state index contributed by atoms with van der Waals surface area (Å²) in [5.74, 6) is 0. The molecule has 1 aliphatic heterocycles. The summed E-state index contributed by atoms with van der Waals surface area (Å²) in [6.07, 6.45) is 4.15. The van der Waals surface area contributed by atoms with Gasteiger partial charge in [0.25, 0.3) is 5.56 Å². The first-order valence-corrected chi connectivity index (χ1v) is 8.19. The molecular formula is C14H23BrN4O2. The second-order valence-corrected chi connectivity index (χ2v) is 5.99. The summed E-state index contributed by atoms with van der Waals surface area (Å²) in [4.78, 5) is 14.6. The van der Waals surface area contributed by atoms with Crippen LogP contribution in [0.4, 0.5) is 5.69 Å². The van der Waals surface area contributed by atoms with Crippen LogP contribution in [0.15, 0.2) is 15.5 Å². The summed E-state index contributed by atoms with van der Waals surface area (Å²) in [6, 6.07) is 0.540. The minimum atomic E-state index is -0.129. The molecule has 7 heteroatoms. The van der Waals surface area contributed by atoms with Gasteiger partial charge in [0.2, 0.25) is 0 Å². The molecular weight excluding hydrogens is 336 g/mol. The summed E-state index contributed by atoms with van der Waals surface area (Å²) in [6.45, 7) is 6.20. The zero-order chi connectivity index (χ0) is 15.2. The largest absolute Gasteiger partial charge is 0.383 e. The molecule has 0 spiro atoms. The highest BCUT2D eigenvalue weighted by Crippen LogP contribution is 2.20. The van der Waals surface area contributed by atoms with Crippen LogP contribution >= 0.6 is 15.9 Å². The van der Waals surface area contributed by atoms with Crippen molar-refractivity contribution in [2.24, 2.45) is 0 Å². The molecule has 0 aliphatic carbocycles. The Morgan fingerprint density at radius 3 is 3.10 bits per heavy atom. The Morgan fingerprint density at radius 1 is 1.57 bits per heavy atom. The van der Waals surface area contributed by atoms with E-state index in [4.69, 9.17) is 4.74 Å². The fraction of sp³-hybridized carbons (Fsp3) is 0.714. The molecule has 0 radical (unpaired) electrons. The van der Waals surface area contributed by atoms with Gasteiger partial charge < -0.3 is 10.1 Å². The molecule has 0 saturated carbocycles. The third-order valence-corrected chi connectivity index (χ3v) is 4.69. The third-order valence-electron chi connectivity index (χ3n) is 3.93. The maximum absolute atomic E-state index is 12.2. The minimum absolute atomic E-state index is 0.129. The molecule has 2 heterocycles. The molecule has 21 heavy (non-hydrogen) atoms. The smallest absolute Gasteiger partial charge is 0.283 e. The van der Waals surface area contributed by atoms with Gasteiger partial charge in [-0.3, -0.25) is 9.69 Å². The Bertz CT molecular complexity index is 520. The molecule has 1 aromatic rings. The summed E-state index contributed by atoms with van der Waals surface area (Å²) in [5, 5.41) is 7.53. The van der Waals surface area contributed by atoms with Crippen molar-refractivity contribution in [3.8, 4) is 0 Å². The van der Waals surface area contributed by atoms with Gasteiger partial charge in [0.1, 0.15) is 4.47 Å². The van der Waals surface area contributed by atoms with Crippen molar-refractivity contribution >= 4 is 21.6 Å². The molecule has 118 valence electrons. The van der Waals surface area contributed by atoms with Crippen LogP contribution in [0.25, 0.3) is 0 Å². The van der Waals surface area contributed by atoms with Crippen LogP contribution < -0.4 is 10.9 Å². The lowest BCUT2D eigenvalue weighted by atomic mass is 10.2. The number of ether oxygens (including phenoxy) is 1. The molecule has 1 saturated heterocycles. The summed E-state index contributed by atoms with van der Waals surface area (Å²) >= 11 is 3.37. The average Bonchev–Trinajstić information content (AvgIpc) is 2.95. The fourth-order valence-electron chi connectivity index (χ4n) is 2.70. The highest BCUT2D eigenvalue weighted by molar-refractivity contribution is 9.10. The van der Waals surface area contributed by atoms with Gasteiger partial charge >= 0.3 is 0 Å². The molecule has 1 aliphatic rings. The highest BCUT2D eigenvalue weighted by Gasteiger charge is 2.22. The van der Waals surface area contributed by atoms with Crippen LogP contribution in [-0.4, -0.2) is 54.1 Å². The average molecular weight is 359 g/mol. The van der Waals surface area contributed by atoms with E-state index in [2.05, 4.69) is 38.2 Å². The van der Waals surface area contributed by atoms with E-state index in [0.29, 0.717) is 23.7 Å². The number of hydrogen-bond acceptors (Lipinski definition) is 5. The first-order chi connectivity index (χ1) is 10.2. The first kappa shape index (κ1) is 16.5. The molecule has 0 aromatic carbocycles. The van der Waals surface area contributed by atoms with Gasteiger partial charge in [-0.25, -0.2) is 4.68 Å². The van der Waals surface area contributed by atoms with Crippen LogP contribution in [0.3, 0.4) is 0 Å². The fourth-order valence-corrected chi connectivity index (χ4v) is 3.14. The molecule has 1 fully saturated rings. The lowest BCUT2D eigenvalue weighted by molar-refractivity contribution is 0.181. The highest BCUT2D eigenvalue weighted by atomic mass is 79.9. The third kappa shape index (κ3) is 4.05. The summed E-state index contributed by atoms with van der Waals surface area (Å²) < 4.78 is 6.92. The predicted molar refractivity (Wildman–Crippen MR) is 86.8 cm³/mol. The second-order valence-electron chi connectivity index (χ2n) is 5.20. The Morgan fingerprint density at radius 2 is 2.38 bits per heavy atom. The van der Waals surface area contributed by atoms with Gasteiger partial charge in [-0.15, -0.1) is 0 Å². The molecule has 6 nitrogen and oxygen atoms in total. The normalized spacial score (nSPS) is 19.1. The van der Waals surface area contributed by atoms with Gasteiger partial charge in [0.15, 0.2) is 0 Å². The number of likely N-dealkylation sites (N-methyl/N-ethyl adjacent to an activating group) is 1. The van der Waals surface area contributed by atoms with E-state index in [9.17, 15) is 4.79 Å². The zero-order valence-electron chi connectivity index (χ0n) is 12.6. The van der Waals surface area contributed by atoms with Crippen molar-refractivity contribution in [1.82, 2.24) is 14.7 Å². The maximum Gasteiger partial charge on any atom is 0.283 e. The monoisotopic (exact) mass is 358 g/mol. The van der Waals surface area contributed by atoms with E-state index < -0.39 is 0 Å². The number of anilines is 1. The zero-order valence-corrected chi connectivity index (χ0v) is 14.2. The predicted octanol–water partition coefficient (Wildman–Crippen LogP) is 1.55. The molecule has 1 aromatic heterocycles. The van der Waals surface area contributed by atoms with Crippen LogP contribution in [0.2, 0.25) is 0 Å². The van der Waals surface area contributed by atoms with Gasteiger partial charge in [0, 0.05) is 19.7 Å². The van der Waals surface area contributed by atoms with E-state index in [-0.39, 0.29) is 5.56 Å². The first-order valence-electron chi connectivity index (χ1n) is 7.39. The lowest BCUT2D eigenvalue weighted by Gasteiger charge is -2.23. The van der Waals surface area contributed by atoms with Crippen LogP contribution in [0, 0.1) is 0 Å². The van der Waals surface area contributed by atoms with Gasteiger partial charge in [-0.1, -0.05) is 6.92 Å². The number of nitrogens with zero attached hydrogens (tertiary/aromatic N) is 3. The van der Waals surface area contributed by atoms with Crippen LogP contribution in [-0.2, 0) is 11.3 Å². The Kier molecular flexibility index (Phi) is 6.20. The number of aromatic nitrogens is 2. The number of methoxy groups -OCH3 is 1. The van der Waals surface area contributed by atoms with Gasteiger partial charge in [-0.2, -0.15) is 5.10 Å². The summed E-state index contributed by atoms with van der Waals surface area (Å²) in [5.41, 5.74) is 0.632. The van der Waals surface area contributed by atoms with E-state index in [1.165, 1.54) is 24.1 Å². The summed E-state index contributed by atoms with van der Waals surface area (Å²) in [7, 11) is 1.61. The maximum atomic E-state index is 12.2. The number of hydrogen-bond donors (Lipinski definition) is 1. The Labute approximate surface area is 133 Å². The lowest BCUT2D eigenvalue weighted by Crippen LogP contribution is -2.35. The van der Waals surface area contributed by atoms with E-state index >= 15 is 0 Å². The Balaban J connectivity index is 2.00. The van der Waals surface area contributed by atoms with Crippen molar-refractivity contribution in [2.45, 2.75) is 32.4 Å². The number of rotatable bonds is 7. The van der Waals surface area contributed by atoms with E-state index in [1.807, 2.05) is 0 Å². The SMILES string of the molecule is CCN1CCCC1CNc1cnn(CCOC)c(=O)c1Br. The van der Waals surface area contributed by atoms with Gasteiger partial charge in [0.05, 0.1) is 25.0 Å². The Hall–Kier alpha value is -0.920. The number of halogens is 1. The van der Waals surface area contributed by atoms with Crippen LogP contribution in [0.1, 0.15) is 19.8 Å². The van der Waals surface area contributed by atoms with E-state index in [1.54, 1.807) is 13.3 Å².